The van der Waals surface area contributed by atoms with Crippen molar-refractivity contribution in [1.82, 2.24) is 9.55 Å². The third-order valence-electron chi connectivity index (χ3n) is 6.16. The highest BCUT2D eigenvalue weighted by molar-refractivity contribution is 7.13. The Hall–Kier alpha value is -2.80. The molecular weight excluding hydrogens is 412 g/mol. The Labute approximate surface area is 186 Å². The van der Waals surface area contributed by atoms with Crippen molar-refractivity contribution >= 4 is 17.3 Å². The van der Waals surface area contributed by atoms with Crippen LogP contribution in [-0.2, 0) is 6.54 Å². The van der Waals surface area contributed by atoms with Crippen LogP contribution in [0.4, 0.5) is 0 Å². The second-order valence-corrected chi connectivity index (χ2v) is 8.91. The molecule has 0 aliphatic heterocycles. The molecule has 4 rings (SSSR count). The highest BCUT2D eigenvalue weighted by Crippen LogP contribution is 2.37. The molecule has 164 valence electrons. The lowest BCUT2D eigenvalue weighted by atomic mass is 9.89. The fourth-order valence-electron chi connectivity index (χ4n) is 4.43. The maximum Gasteiger partial charge on any atom is 0.337 e. The summed E-state index contributed by atoms with van der Waals surface area (Å²) in [6, 6.07) is 7.51. The first-order valence-electron chi connectivity index (χ1n) is 10.6. The Morgan fingerprint density at radius 3 is 2.58 bits per heavy atom. The fourth-order valence-corrected chi connectivity index (χ4v) is 5.24. The largest absolute Gasteiger partial charge is 0.493 e. The molecule has 6 nitrogen and oxygen atoms in total. The molecule has 0 unspecified atom stereocenters. The number of aromatic carboxylic acids is 1. The molecule has 0 radical (unpaired) electrons. The number of nitrogens with zero attached hydrogens (tertiary/aromatic N) is 2. The van der Waals surface area contributed by atoms with Crippen LogP contribution in [0.15, 0.2) is 29.6 Å². The van der Waals surface area contributed by atoms with E-state index in [9.17, 15) is 9.90 Å². The molecule has 1 saturated carbocycles. The van der Waals surface area contributed by atoms with Gasteiger partial charge in [0.15, 0.2) is 11.5 Å². The molecule has 1 N–H and O–H groups in total. The number of thiazole rings is 1. The molecule has 7 heteroatoms. The summed E-state index contributed by atoms with van der Waals surface area (Å²) < 4.78 is 12.9. The summed E-state index contributed by atoms with van der Waals surface area (Å²) >= 11 is 1.54. The van der Waals surface area contributed by atoms with Crippen molar-refractivity contribution in [1.29, 1.82) is 0 Å². The minimum atomic E-state index is -0.892. The molecule has 2 heterocycles. The Morgan fingerprint density at radius 2 is 1.90 bits per heavy atom. The van der Waals surface area contributed by atoms with Gasteiger partial charge in [0.05, 0.1) is 31.2 Å². The average molecular weight is 441 g/mol. The minimum absolute atomic E-state index is 0.353. The van der Waals surface area contributed by atoms with Crippen molar-refractivity contribution in [2.45, 2.75) is 45.6 Å². The van der Waals surface area contributed by atoms with E-state index in [2.05, 4.69) is 4.57 Å². The van der Waals surface area contributed by atoms with Gasteiger partial charge in [0, 0.05) is 23.2 Å². The number of carboxylic acids is 1. The van der Waals surface area contributed by atoms with Gasteiger partial charge in [-0.2, -0.15) is 0 Å². The van der Waals surface area contributed by atoms with Crippen LogP contribution in [0.1, 0.15) is 48.2 Å². The monoisotopic (exact) mass is 440 g/mol. The summed E-state index contributed by atoms with van der Waals surface area (Å²) in [7, 11) is 3.23. The van der Waals surface area contributed by atoms with Gasteiger partial charge < -0.3 is 19.1 Å². The van der Waals surface area contributed by atoms with E-state index in [-0.39, 0.29) is 0 Å². The van der Waals surface area contributed by atoms with Gasteiger partial charge in [0.25, 0.3) is 0 Å². The SMILES string of the molecule is COc1ccc(-c2nc(-c3cc(C(=O)O)c(C)n3CC3CCCCC3)cs2)cc1OC. The summed E-state index contributed by atoms with van der Waals surface area (Å²) in [5.41, 5.74) is 3.78. The molecule has 1 aromatic carbocycles. The third-order valence-corrected chi connectivity index (χ3v) is 7.05. The maximum absolute atomic E-state index is 11.8. The van der Waals surface area contributed by atoms with Gasteiger partial charge in [-0.05, 0) is 49.9 Å². The lowest BCUT2D eigenvalue weighted by molar-refractivity contribution is 0.0696. The molecule has 0 spiro atoms. The van der Waals surface area contributed by atoms with Crippen LogP contribution < -0.4 is 9.47 Å². The first-order chi connectivity index (χ1) is 15.0. The highest BCUT2D eigenvalue weighted by Gasteiger charge is 2.23. The summed E-state index contributed by atoms with van der Waals surface area (Å²) in [6.07, 6.45) is 6.22. The standard InChI is InChI=1S/C24H28N2O4S/c1-15-18(24(27)28)12-20(26(15)13-16-7-5-4-6-8-16)19-14-31-23(25-19)17-9-10-21(29-2)22(11-17)30-3/h9-12,14,16H,4-8,13H2,1-3H3,(H,27,28). The van der Waals surface area contributed by atoms with E-state index >= 15 is 0 Å². The second kappa shape index (κ2) is 9.14. The molecule has 3 aromatic rings. The van der Waals surface area contributed by atoms with E-state index in [1.54, 1.807) is 31.6 Å². The van der Waals surface area contributed by atoms with E-state index in [0.29, 0.717) is 23.0 Å². The molecule has 1 aliphatic carbocycles. The first-order valence-corrected chi connectivity index (χ1v) is 11.5. The molecule has 1 aliphatic rings. The Morgan fingerprint density at radius 1 is 1.16 bits per heavy atom. The van der Waals surface area contributed by atoms with Crippen molar-refractivity contribution in [3.63, 3.8) is 0 Å². The molecular formula is C24H28N2O4S. The lowest BCUT2D eigenvalue weighted by Crippen LogP contribution is -2.16. The molecule has 2 aromatic heterocycles. The molecule has 0 amide bonds. The van der Waals surface area contributed by atoms with Crippen molar-refractivity contribution in [2.24, 2.45) is 5.92 Å². The molecule has 31 heavy (non-hydrogen) atoms. The average Bonchev–Trinajstić information content (AvgIpc) is 3.39. The predicted molar refractivity (Wildman–Crippen MR) is 122 cm³/mol. The third kappa shape index (κ3) is 4.32. The van der Waals surface area contributed by atoms with Gasteiger partial charge in [-0.1, -0.05) is 19.3 Å². The van der Waals surface area contributed by atoms with Crippen molar-refractivity contribution in [2.75, 3.05) is 14.2 Å². The number of rotatable bonds is 7. The van der Waals surface area contributed by atoms with E-state index in [1.807, 2.05) is 30.5 Å². The zero-order valence-electron chi connectivity index (χ0n) is 18.2. The zero-order chi connectivity index (χ0) is 22.0. The van der Waals surface area contributed by atoms with Crippen LogP contribution in [0, 0.1) is 12.8 Å². The number of ether oxygens (including phenoxy) is 2. The quantitative estimate of drug-likeness (QED) is 0.496. The maximum atomic E-state index is 11.8. The number of methoxy groups -OCH3 is 2. The summed E-state index contributed by atoms with van der Waals surface area (Å²) in [4.78, 5) is 16.7. The van der Waals surface area contributed by atoms with Crippen molar-refractivity contribution in [3.8, 4) is 33.5 Å². The van der Waals surface area contributed by atoms with Gasteiger partial charge in [-0.3, -0.25) is 0 Å². The molecule has 0 atom stereocenters. The molecule has 1 fully saturated rings. The van der Waals surface area contributed by atoms with Crippen LogP contribution in [0.2, 0.25) is 0 Å². The van der Waals surface area contributed by atoms with Crippen LogP contribution in [0.25, 0.3) is 22.0 Å². The first kappa shape index (κ1) is 21.4. The number of hydrogen-bond donors (Lipinski definition) is 1. The Balaban J connectivity index is 1.70. The van der Waals surface area contributed by atoms with Crippen LogP contribution in [-0.4, -0.2) is 34.8 Å². The van der Waals surface area contributed by atoms with Gasteiger partial charge in [-0.25, -0.2) is 9.78 Å². The summed E-state index contributed by atoms with van der Waals surface area (Å²) in [5.74, 6) is 1.02. The van der Waals surface area contributed by atoms with Crippen molar-refractivity contribution < 1.29 is 19.4 Å². The minimum Gasteiger partial charge on any atom is -0.493 e. The number of aromatic nitrogens is 2. The molecule has 0 saturated heterocycles. The topological polar surface area (TPSA) is 73.6 Å². The van der Waals surface area contributed by atoms with Gasteiger partial charge >= 0.3 is 5.97 Å². The van der Waals surface area contributed by atoms with Gasteiger partial charge in [-0.15, -0.1) is 11.3 Å². The lowest BCUT2D eigenvalue weighted by Gasteiger charge is -2.24. The Kier molecular flexibility index (Phi) is 6.32. The zero-order valence-corrected chi connectivity index (χ0v) is 19.0. The molecule has 0 bridgehead atoms. The number of carbonyl (C=O) groups is 1. The van der Waals surface area contributed by atoms with Crippen LogP contribution >= 0.6 is 11.3 Å². The summed E-state index contributed by atoms with van der Waals surface area (Å²) in [6.45, 7) is 2.75. The van der Waals surface area contributed by atoms with E-state index in [4.69, 9.17) is 14.5 Å². The van der Waals surface area contributed by atoms with Crippen LogP contribution in [0.3, 0.4) is 0 Å². The van der Waals surface area contributed by atoms with Crippen molar-refractivity contribution in [3.05, 3.63) is 40.9 Å². The second-order valence-electron chi connectivity index (χ2n) is 8.06. The van der Waals surface area contributed by atoms with E-state index in [1.165, 1.54) is 32.1 Å². The number of hydrogen-bond acceptors (Lipinski definition) is 5. The smallest absolute Gasteiger partial charge is 0.337 e. The van der Waals surface area contributed by atoms with Gasteiger partial charge in [0.1, 0.15) is 5.01 Å². The van der Waals surface area contributed by atoms with Crippen LogP contribution in [0.5, 0.6) is 11.5 Å². The van der Waals surface area contributed by atoms with E-state index in [0.717, 1.165) is 34.2 Å². The fraction of sp³-hybridized carbons (Fsp3) is 0.417. The Bertz CT molecular complexity index is 1080. The number of carboxylic acid groups (broad SMARTS) is 1. The predicted octanol–water partition coefficient (Wildman–Crippen LogP) is 5.88. The number of benzene rings is 1. The van der Waals surface area contributed by atoms with Gasteiger partial charge in [0.2, 0.25) is 0 Å². The van der Waals surface area contributed by atoms with E-state index < -0.39 is 5.97 Å². The highest BCUT2D eigenvalue weighted by atomic mass is 32.1. The summed E-state index contributed by atoms with van der Waals surface area (Å²) in [5, 5.41) is 12.6. The normalized spacial score (nSPS) is 14.5.